The Morgan fingerprint density at radius 2 is 2.20 bits per heavy atom. The van der Waals surface area contributed by atoms with E-state index in [9.17, 15) is 4.79 Å². The maximum atomic E-state index is 10.7. The summed E-state index contributed by atoms with van der Waals surface area (Å²) in [5, 5.41) is 13.7. The van der Waals surface area contributed by atoms with E-state index in [1.807, 2.05) is 13.8 Å². The third-order valence-corrected chi connectivity index (χ3v) is 2.17. The molecule has 2 aromatic heterocycles. The summed E-state index contributed by atoms with van der Waals surface area (Å²) >= 11 is 0. The fraction of sp³-hybridized carbons (Fsp3) is 0.300. The molecule has 78 valence electrons. The van der Waals surface area contributed by atoms with Crippen molar-refractivity contribution in [2.24, 2.45) is 0 Å². The highest BCUT2D eigenvalue weighted by Gasteiger charge is 2.10. The fourth-order valence-electron chi connectivity index (χ4n) is 1.43. The normalized spacial score (nSPS) is 11.1. The van der Waals surface area contributed by atoms with Gasteiger partial charge in [0.2, 0.25) is 0 Å². The number of carboxylic acids is 1. The molecule has 0 atom stereocenters. The summed E-state index contributed by atoms with van der Waals surface area (Å²) in [6, 6.07) is 1.79. The molecule has 2 rings (SSSR count). The maximum Gasteiger partial charge on any atom is 0.337 e. The first-order valence-electron chi connectivity index (χ1n) is 4.66. The van der Waals surface area contributed by atoms with Gasteiger partial charge in [0.05, 0.1) is 11.8 Å². The minimum Gasteiger partial charge on any atom is -0.478 e. The molecule has 0 bridgehead atoms. The molecule has 0 aliphatic rings. The van der Waals surface area contributed by atoms with Gasteiger partial charge in [0.15, 0.2) is 5.65 Å². The highest BCUT2D eigenvalue weighted by atomic mass is 16.4. The monoisotopic (exact) mass is 205 g/mol. The van der Waals surface area contributed by atoms with E-state index in [2.05, 4.69) is 10.1 Å². The Labute approximate surface area is 86.4 Å². The van der Waals surface area contributed by atoms with Crippen LogP contribution >= 0.6 is 0 Å². The standard InChI is InChI=1S/C10H11N3O2/c1-6(2)13-9-7(5-12-13)3-8(4-11-9)10(14)15/h3-6H,1-2H3,(H,14,15). The summed E-state index contributed by atoms with van der Waals surface area (Å²) in [7, 11) is 0. The van der Waals surface area contributed by atoms with E-state index >= 15 is 0 Å². The summed E-state index contributed by atoms with van der Waals surface area (Å²) < 4.78 is 1.76. The van der Waals surface area contributed by atoms with Gasteiger partial charge in [0, 0.05) is 17.6 Å². The van der Waals surface area contributed by atoms with Crippen molar-refractivity contribution in [2.45, 2.75) is 19.9 Å². The highest BCUT2D eigenvalue weighted by Crippen LogP contribution is 2.16. The van der Waals surface area contributed by atoms with Crippen LogP contribution in [-0.2, 0) is 0 Å². The molecule has 2 aromatic rings. The molecule has 0 saturated carbocycles. The summed E-state index contributed by atoms with van der Waals surface area (Å²) in [6.45, 7) is 4.00. The van der Waals surface area contributed by atoms with Crippen LogP contribution in [0.3, 0.4) is 0 Å². The molecule has 5 heteroatoms. The summed E-state index contributed by atoms with van der Waals surface area (Å²) in [5.41, 5.74) is 0.904. The second-order valence-electron chi connectivity index (χ2n) is 3.62. The molecule has 2 heterocycles. The third kappa shape index (κ3) is 1.56. The molecule has 0 amide bonds. The van der Waals surface area contributed by atoms with Gasteiger partial charge in [-0.15, -0.1) is 0 Å². The lowest BCUT2D eigenvalue weighted by Crippen LogP contribution is -2.04. The summed E-state index contributed by atoms with van der Waals surface area (Å²) in [4.78, 5) is 14.8. The molecular formula is C10H11N3O2. The van der Waals surface area contributed by atoms with Crippen LogP contribution in [0.4, 0.5) is 0 Å². The zero-order valence-electron chi connectivity index (χ0n) is 8.51. The first-order valence-corrected chi connectivity index (χ1v) is 4.66. The Balaban J connectivity index is 2.61. The van der Waals surface area contributed by atoms with E-state index in [1.165, 1.54) is 6.20 Å². The van der Waals surface area contributed by atoms with Crippen LogP contribution in [0, 0.1) is 0 Å². The molecule has 0 spiro atoms. The minimum absolute atomic E-state index is 0.186. The van der Waals surface area contributed by atoms with E-state index in [0.29, 0.717) is 0 Å². The van der Waals surface area contributed by atoms with Gasteiger partial charge in [-0.1, -0.05) is 0 Å². The number of aromatic nitrogens is 3. The topological polar surface area (TPSA) is 68.0 Å². The lowest BCUT2D eigenvalue weighted by Gasteiger charge is -2.05. The van der Waals surface area contributed by atoms with Crippen molar-refractivity contribution >= 4 is 17.0 Å². The van der Waals surface area contributed by atoms with Crippen molar-refractivity contribution in [1.82, 2.24) is 14.8 Å². The maximum absolute atomic E-state index is 10.7. The number of carbonyl (C=O) groups is 1. The van der Waals surface area contributed by atoms with Crippen LogP contribution in [-0.4, -0.2) is 25.8 Å². The van der Waals surface area contributed by atoms with E-state index in [4.69, 9.17) is 5.11 Å². The molecule has 15 heavy (non-hydrogen) atoms. The zero-order chi connectivity index (χ0) is 11.0. The van der Waals surface area contributed by atoms with Crippen molar-refractivity contribution in [3.63, 3.8) is 0 Å². The fourth-order valence-corrected chi connectivity index (χ4v) is 1.43. The van der Waals surface area contributed by atoms with Gasteiger partial charge < -0.3 is 5.11 Å². The van der Waals surface area contributed by atoms with Gasteiger partial charge in [-0.2, -0.15) is 5.10 Å². The summed E-state index contributed by atoms with van der Waals surface area (Å²) in [5.74, 6) is -0.971. The minimum atomic E-state index is -0.971. The van der Waals surface area contributed by atoms with Gasteiger partial charge >= 0.3 is 5.97 Å². The molecule has 1 N–H and O–H groups in total. The largest absolute Gasteiger partial charge is 0.478 e. The first kappa shape index (κ1) is 9.64. The lowest BCUT2D eigenvalue weighted by atomic mass is 10.2. The van der Waals surface area contributed by atoms with Crippen molar-refractivity contribution in [3.8, 4) is 0 Å². The van der Waals surface area contributed by atoms with Crippen LogP contribution in [0.2, 0.25) is 0 Å². The SMILES string of the molecule is CC(C)n1ncc2cc(C(=O)O)cnc21. The van der Waals surface area contributed by atoms with E-state index in [0.717, 1.165) is 11.0 Å². The van der Waals surface area contributed by atoms with Gasteiger partial charge in [-0.25, -0.2) is 14.5 Å². The smallest absolute Gasteiger partial charge is 0.337 e. The average Bonchev–Trinajstić information content (AvgIpc) is 2.59. The van der Waals surface area contributed by atoms with Gasteiger partial charge in [0.25, 0.3) is 0 Å². The van der Waals surface area contributed by atoms with E-state index < -0.39 is 5.97 Å². The second kappa shape index (κ2) is 3.34. The average molecular weight is 205 g/mol. The van der Waals surface area contributed by atoms with Gasteiger partial charge in [-0.3, -0.25) is 0 Å². The van der Waals surface area contributed by atoms with Crippen LogP contribution in [0.5, 0.6) is 0 Å². The predicted octanol–water partition coefficient (Wildman–Crippen LogP) is 1.71. The Morgan fingerprint density at radius 3 is 2.80 bits per heavy atom. The van der Waals surface area contributed by atoms with Gasteiger partial charge in [0.1, 0.15) is 0 Å². The number of carboxylic acid groups (broad SMARTS) is 1. The molecule has 0 aliphatic heterocycles. The quantitative estimate of drug-likeness (QED) is 0.810. The zero-order valence-corrected chi connectivity index (χ0v) is 8.51. The summed E-state index contributed by atoms with van der Waals surface area (Å²) in [6.07, 6.45) is 2.99. The Hall–Kier alpha value is -1.91. The molecule has 0 saturated heterocycles. The number of pyridine rings is 1. The molecule has 0 aliphatic carbocycles. The molecule has 5 nitrogen and oxygen atoms in total. The molecular weight excluding hydrogens is 194 g/mol. The number of hydrogen-bond acceptors (Lipinski definition) is 3. The number of hydrogen-bond donors (Lipinski definition) is 1. The van der Waals surface area contributed by atoms with Crippen molar-refractivity contribution < 1.29 is 9.90 Å². The predicted molar refractivity (Wildman–Crippen MR) is 54.9 cm³/mol. The Bertz CT molecular complexity index is 516. The number of nitrogens with zero attached hydrogens (tertiary/aromatic N) is 3. The van der Waals surface area contributed by atoms with Crippen molar-refractivity contribution in [2.75, 3.05) is 0 Å². The molecule has 0 fully saturated rings. The van der Waals surface area contributed by atoms with Crippen molar-refractivity contribution in [3.05, 3.63) is 24.0 Å². The van der Waals surface area contributed by atoms with Crippen molar-refractivity contribution in [1.29, 1.82) is 0 Å². The van der Waals surface area contributed by atoms with E-state index in [1.54, 1.807) is 16.9 Å². The molecule has 0 aromatic carbocycles. The lowest BCUT2D eigenvalue weighted by molar-refractivity contribution is 0.0696. The second-order valence-corrected chi connectivity index (χ2v) is 3.62. The Morgan fingerprint density at radius 1 is 1.47 bits per heavy atom. The van der Waals surface area contributed by atoms with Gasteiger partial charge in [-0.05, 0) is 19.9 Å². The number of fused-ring (bicyclic) bond motifs is 1. The van der Waals surface area contributed by atoms with E-state index in [-0.39, 0.29) is 11.6 Å². The Kier molecular flexibility index (Phi) is 2.15. The number of aromatic carboxylic acids is 1. The van der Waals surface area contributed by atoms with Crippen LogP contribution in [0.1, 0.15) is 30.2 Å². The van der Waals surface area contributed by atoms with Crippen LogP contribution in [0.15, 0.2) is 18.5 Å². The molecule has 0 unspecified atom stereocenters. The number of rotatable bonds is 2. The van der Waals surface area contributed by atoms with Crippen LogP contribution in [0.25, 0.3) is 11.0 Å². The van der Waals surface area contributed by atoms with Crippen LogP contribution < -0.4 is 0 Å². The highest BCUT2D eigenvalue weighted by molar-refractivity contribution is 5.91. The molecule has 0 radical (unpaired) electrons. The first-order chi connectivity index (χ1) is 7.09. The third-order valence-electron chi connectivity index (χ3n) is 2.17.